The van der Waals surface area contributed by atoms with Crippen LogP contribution >= 0.6 is 22.7 Å². The smallest absolute Gasteiger partial charge is 0.161 e. The molecule has 3 aromatic heterocycles. The molecule has 3 nitrogen and oxygen atoms in total. The molecule has 0 aliphatic heterocycles. The zero-order chi connectivity index (χ0) is 17.2. The monoisotopic (exact) mass is 365 g/mol. The van der Waals surface area contributed by atoms with E-state index in [0.717, 1.165) is 32.3 Å². The highest BCUT2D eigenvalue weighted by Gasteiger charge is 2.11. The lowest BCUT2D eigenvalue weighted by Gasteiger charge is -2.10. The van der Waals surface area contributed by atoms with Crippen LogP contribution in [-0.4, -0.2) is 17.2 Å². The minimum absolute atomic E-state index is 0.136. The van der Waals surface area contributed by atoms with E-state index in [2.05, 4.69) is 35.0 Å². The van der Waals surface area contributed by atoms with Gasteiger partial charge in [-0.15, -0.1) is 22.7 Å². The number of nitrogens with zero attached hydrogens (tertiary/aromatic N) is 1. The molecule has 0 fully saturated rings. The lowest BCUT2D eigenvalue weighted by Crippen LogP contribution is -1.90. The van der Waals surface area contributed by atoms with Crippen LogP contribution in [0.15, 0.2) is 65.4 Å². The first kappa shape index (κ1) is 15.9. The van der Waals surface area contributed by atoms with Crippen LogP contribution in [0.25, 0.3) is 32.3 Å². The molecule has 0 amide bonds. The number of hydrogen-bond acceptors (Lipinski definition) is 5. The Kier molecular flexibility index (Phi) is 4.26. The van der Waals surface area contributed by atoms with Gasteiger partial charge in [0.25, 0.3) is 0 Å². The Hall–Kier alpha value is -2.63. The Bertz CT molecular complexity index is 940. The van der Waals surface area contributed by atoms with Crippen molar-refractivity contribution in [2.24, 2.45) is 0 Å². The van der Waals surface area contributed by atoms with Crippen LogP contribution in [0.5, 0.6) is 11.5 Å². The number of aromatic nitrogens is 1. The molecule has 0 bridgehead atoms. The van der Waals surface area contributed by atoms with Gasteiger partial charge in [0.1, 0.15) is 0 Å². The Balaban J connectivity index is 1.90. The Labute approximate surface area is 153 Å². The van der Waals surface area contributed by atoms with Gasteiger partial charge in [-0.25, -0.2) is 4.98 Å². The van der Waals surface area contributed by atoms with E-state index in [0.29, 0.717) is 5.75 Å². The second-order valence-corrected chi connectivity index (χ2v) is 7.36. The van der Waals surface area contributed by atoms with Gasteiger partial charge in [0.2, 0.25) is 0 Å². The van der Waals surface area contributed by atoms with E-state index >= 15 is 0 Å². The van der Waals surface area contributed by atoms with Crippen molar-refractivity contribution in [2.75, 3.05) is 7.11 Å². The van der Waals surface area contributed by atoms with E-state index in [1.54, 1.807) is 35.8 Å². The number of rotatable bonds is 4. The van der Waals surface area contributed by atoms with E-state index in [9.17, 15) is 5.11 Å². The van der Waals surface area contributed by atoms with Gasteiger partial charge < -0.3 is 9.84 Å². The third-order valence-electron chi connectivity index (χ3n) is 3.89. The van der Waals surface area contributed by atoms with Crippen LogP contribution in [0.3, 0.4) is 0 Å². The summed E-state index contributed by atoms with van der Waals surface area (Å²) in [6.45, 7) is 0. The molecule has 0 aliphatic carbocycles. The van der Waals surface area contributed by atoms with Crippen molar-refractivity contribution >= 4 is 22.7 Å². The highest BCUT2D eigenvalue weighted by Crippen LogP contribution is 2.36. The summed E-state index contributed by atoms with van der Waals surface area (Å²) < 4.78 is 5.25. The number of thiophene rings is 2. The predicted octanol–water partition coefficient (Wildman–Crippen LogP) is 5.92. The van der Waals surface area contributed by atoms with Crippen molar-refractivity contribution < 1.29 is 9.84 Å². The van der Waals surface area contributed by atoms with Crippen LogP contribution < -0.4 is 4.74 Å². The lowest BCUT2D eigenvalue weighted by molar-refractivity contribution is 0.373. The molecule has 1 N–H and O–H groups in total. The van der Waals surface area contributed by atoms with Crippen LogP contribution in [0.4, 0.5) is 0 Å². The van der Waals surface area contributed by atoms with Gasteiger partial charge in [-0.1, -0.05) is 18.2 Å². The fraction of sp³-hybridized carbons (Fsp3) is 0.0500. The third-order valence-corrected chi connectivity index (χ3v) is 5.67. The SMILES string of the molecule is COc1cc(-c2cc(-c3cccs3)nc(-c3cccs3)c2)ccc1O. The van der Waals surface area contributed by atoms with Gasteiger partial charge >= 0.3 is 0 Å². The standard InChI is InChI=1S/C20H15NO2S2/c1-23-18-12-13(6-7-17(18)22)14-10-15(19-4-2-8-24-19)21-16(11-14)20-5-3-9-25-20/h2-12,22H,1H3. The Morgan fingerprint density at radius 2 is 1.48 bits per heavy atom. The number of pyridine rings is 1. The van der Waals surface area contributed by atoms with Gasteiger partial charge in [0.15, 0.2) is 11.5 Å². The lowest BCUT2D eigenvalue weighted by atomic mass is 10.0. The van der Waals surface area contributed by atoms with Crippen LogP contribution in [-0.2, 0) is 0 Å². The molecule has 0 aliphatic rings. The molecule has 1 aromatic carbocycles. The molecule has 4 aromatic rings. The van der Waals surface area contributed by atoms with Gasteiger partial charge in [-0.05, 0) is 58.3 Å². The van der Waals surface area contributed by atoms with Crippen molar-refractivity contribution in [3.8, 4) is 43.8 Å². The molecule has 3 heterocycles. The number of phenols is 1. The third kappa shape index (κ3) is 3.16. The van der Waals surface area contributed by atoms with E-state index in [1.165, 1.54) is 0 Å². The molecule has 124 valence electrons. The summed E-state index contributed by atoms with van der Waals surface area (Å²) in [6.07, 6.45) is 0. The molecule has 0 spiro atoms. The van der Waals surface area contributed by atoms with E-state index in [-0.39, 0.29) is 5.75 Å². The average molecular weight is 365 g/mol. The molecule has 0 saturated carbocycles. The van der Waals surface area contributed by atoms with Gasteiger partial charge in [-0.2, -0.15) is 0 Å². The maximum atomic E-state index is 9.86. The van der Waals surface area contributed by atoms with Crippen molar-refractivity contribution in [3.63, 3.8) is 0 Å². The summed E-state index contributed by atoms with van der Waals surface area (Å²) >= 11 is 3.34. The first-order valence-corrected chi connectivity index (χ1v) is 9.48. The molecule has 0 atom stereocenters. The minimum atomic E-state index is 0.136. The molecule has 25 heavy (non-hydrogen) atoms. The minimum Gasteiger partial charge on any atom is -0.504 e. The summed E-state index contributed by atoms with van der Waals surface area (Å²) in [4.78, 5) is 7.10. The first-order chi connectivity index (χ1) is 12.2. The van der Waals surface area contributed by atoms with Crippen LogP contribution in [0.2, 0.25) is 0 Å². The van der Waals surface area contributed by atoms with Crippen molar-refractivity contribution in [3.05, 3.63) is 65.4 Å². The summed E-state index contributed by atoms with van der Waals surface area (Å²) in [5, 5.41) is 14.0. The second-order valence-electron chi connectivity index (χ2n) is 5.47. The van der Waals surface area contributed by atoms with E-state index in [4.69, 9.17) is 9.72 Å². The molecule has 4 rings (SSSR count). The topological polar surface area (TPSA) is 42.4 Å². The number of hydrogen-bond donors (Lipinski definition) is 1. The van der Waals surface area contributed by atoms with Crippen molar-refractivity contribution in [1.29, 1.82) is 0 Å². The Morgan fingerprint density at radius 3 is 2.00 bits per heavy atom. The van der Waals surface area contributed by atoms with Crippen molar-refractivity contribution in [1.82, 2.24) is 4.98 Å². The zero-order valence-electron chi connectivity index (χ0n) is 13.5. The van der Waals surface area contributed by atoms with E-state index in [1.807, 2.05) is 24.3 Å². The number of benzene rings is 1. The number of phenolic OH excluding ortho intramolecular Hbond substituents is 1. The summed E-state index contributed by atoms with van der Waals surface area (Å²) in [6, 6.07) is 17.8. The fourth-order valence-corrected chi connectivity index (χ4v) is 4.03. The highest BCUT2D eigenvalue weighted by atomic mass is 32.1. The summed E-state index contributed by atoms with van der Waals surface area (Å²) in [7, 11) is 1.56. The number of methoxy groups -OCH3 is 1. The first-order valence-electron chi connectivity index (χ1n) is 7.72. The molecule has 5 heteroatoms. The van der Waals surface area contributed by atoms with E-state index < -0.39 is 0 Å². The molecular weight excluding hydrogens is 350 g/mol. The van der Waals surface area contributed by atoms with Gasteiger partial charge in [-0.3, -0.25) is 0 Å². The summed E-state index contributed by atoms with van der Waals surface area (Å²) in [5.41, 5.74) is 3.92. The molecule has 0 saturated heterocycles. The van der Waals surface area contributed by atoms with Crippen LogP contribution in [0, 0.1) is 0 Å². The maximum Gasteiger partial charge on any atom is 0.161 e. The second kappa shape index (κ2) is 6.70. The number of ether oxygens (including phenoxy) is 1. The maximum absolute atomic E-state index is 9.86. The van der Waals surface area contributed by atoms with Crippen LogP contribution in [0.1, 0.15) is 0 Å². The largest absolute Gasteiger partial charge is 0.504 e. The highest BCUT2D eigenvalue weighted by molar-refractivity contribution is 7.13. The predicted molar refractivity (Wildman–Crippen MR) is 105 cm³/mol. The average Bonchev–Trinajstić information content (AvgIpc) is 3.35. The quantitative estimate of drug-likeness (QED) is 0.488. The number of aromatic hydroxyl groups is 1. The van der Waals surface area contributed by atoms with Gasteiger partial charge in [0, 0.05) is 0 Å². The molecular formula is C20H15NO2S2. The van der Waals surface area contributed by atoms with Crippen molar-refractivity contribution in [2.45, 2.75) is 0 Å². The molecule has 0 radical (unpaired) electrons. The normalized spacial score (nSPS) is 10.8. The summed E-state index contributed by atoms with van der Waals surface area (Å²) in [5.74, 6) is 0.599. The Morgan fingerprint density at radius 1 is 0.840 bits per heavy atom. The fourth-order valence-electron chi connectivity index (χ4n) is 2.66. The zero-order valence-corrected chi connectivity index (χ0v) is 15.1. The molecule has 0 unspecified atom stereocenters. The van der Waals surface area contributed by atoms with Gasteiger partial charge in [0.05, 0.1) is 28.3 Å².